The summed E-state index contributed by atoms with van der Waals surface area (Å²) in [4.78, 5) is 0. The van der Waals surface area contributed by atoms with E-state index in [4.69, 9.17) is 0 Å². The van der Waals surface area contributed by atoms with E-state index in [0.29, 0.717) is 12.4 Å². The quantitative estimate of drug-likeness (QED) is 0.813. The molecule has 0 amide bonds. The normalized spacial score (nSPS) is 10.8. The predicted octanol–water partition coefficient (Wildman–Crippen LogP) is 4.23. The first-order valence-electron chi connectivity index (χ1n) is 7.11. The molecule has 0 saturated heterocycles. The van der Waals surface area contributed by atoms with Crippen LogP contribution < -0.4 is 5.32 Å². The zero-order valence-corrected chi connectivity index (χ0v) is 14.5. The van der Waals surface area contributed by atoms with Crippen molar-refractivity contribution >= 4 is 21.7 Å². The highest BCUT2D eigenvalue weighted by molar-refractivity contribution is 9.10. The van der Waals surface area contributed by atoms with Gasteiger partial charge in [0.15, 0.2) is 0 Å². The molecule has 1 aromatic heterocycles. The molecule has 0 bridgehead atoms. The summed E-state index contributed by atoms with van der Waals surface area (Å²) in [6.07, 6.45) is 0. The molecule has 0 aliphatic carbocycles. The standard InChI is InChI=1S/C16H17BrF2N4/c1-10-3-4-12(5-11(10)2)9-21-16-14(8-20)15(17)22-23(16)13(6-18)7-19/h3-5,13,21H,6-7,9H2,1-2H3. The molecule has 1 heterocycles. The van der Waals surface area contributed by atoms with Crippen molar-refractivity contribution in [1.82, 2.24) is 9.78 Å². The van der Waals surface area contributed by atoms with Gasteiger partial charge in [-0.3, -0.25) is 0 Å². The van der Waals surface area contributed by atoms with Crippen molar-refractivity contribution in [1.29, 1.82) is 5.26 Å². The lowest BCUT2D eigenvalue weighted by molar-refractivity contribution is 0.274. The maximum Gasteiger partial charge on any atom is 0.148 e. The molecule has 0 spiro atoms. The van der Waals surface area contributed by atoms with Gasteiger partial charge >= 0.3 is 0 Å². The Balaban J connectivity index is 2.30. The highest BCUT2D eigenvalue weighted by Crippen LogP contribution is 2.28. The SMILES string of the molecule is Cc1ccc(CNc2c(C#N)c(Br)nn2C(CF)CF)cc1C. The van der Waals surface area contributed by atoms with Gasteiger partial charge in [0.2, 0.25) is 0 Å². The second-order valence-corrected chi connectivity index (χ2v) is 6.06. The lowest BCUT2D eigenvalue weighted by atomic mass is 10.1. The third-order valence-corrected chi connectivity index (χ3v) is 4.27. The fraction of sp³-hybridized carbons (Fsp3) is 0.375. The molecule has 2 aromatic rings. The number of rotatable bonds is 6. The van der Waals surface area contributed by atoms with Gasteiger partial charge in [-0.1, -0.05) is 18.2 Å². The Labute approximate surface area is 142 Å². The van der Waals surface area contributed by atoms with Crippen LogP contribution in [-0.4, -0.2) is 23.1 Å². The largest absolute Gasteiger partial charge is 0.365 e. The molecule has 1 aromatic carbocycles. The number of halogens is 3. The van der Waals surface area contributed by atoms with E-state index in [1.54, 1.807) is 0 Å². The van der Waals surface area contributed by atoms with E-state index < -0.39 is 19.4 Å². The molecule has 7 heteroatoms. The molecular weight excluding hydrogens is 366 g/mol. The molecule has 1 N–H and O–H groups in total. The summed E-state index contributed by atoms with van der Waals surface area (Å²) < 4.78 is 27.5. The molecule has 0 radical (unpaired) electrons. The van der Waals surface area contributed by atoms with Crippen molar-refractivity contribution < 1.29 is 8.78 Å². The summed E-state index contributed by atoms with van der Waals surface area (Å²) in [5, 5.41) is 16.4. The van der Waals surface area contributed by atoms with E-state index in [2.05, 4.69) is 26.3 Å². The number of alkyl halides is 2. The Bertz CT molecular complexity index is 732. The number of nitrogens with one attached hydrogen (secondary N) is 1. The zero-order chi connectivity index (χ0) is 17.0. The van der Waals surface area contributed by atoms with Crippen LogP contribution in [0.3, 0.4) is 0 Å². The Hall–Kier alpha value is -1.94. The van der Waals surface area contributed by atoms with Gasteiger partial charge < -0.3 is 5.32 Å². The highest BCUT2D eigenvalue weighted by atomic mass is 79.9. The van der Waals surface area contributed by atoms with E-state index in [9.17, 15) is 14.0 Å². The monoisotopic (exact) mass is 382 g/mol. The number of nitriles is 1. The third kappa shape index (κ3) is 3.70. The molecule has 0 aliphatic rings. The van der Waals surface area contributed by atoms with Crippen LogP contribution in [0.15, 0.2) is 22.8 Å². The Kier molecular flexibility index (Phi) is 5.72. The zero-order valence-electron chi connectivity index (χ0n) is 12.9. The van der Waals surface area contributed by atoms with Crippen LogP contribution in [0, 0.1) is 25.2 Å². The summed E-state index contributed by atoms with van der Waals surface area (Å²) in [6, 6.07) is 6.98. The molecule has 0 saturated carbocycles. The third-order valence-electron chi connectivity index (χ3n) is 3.71. The first-order valence-corrected chi connectivity index (χ1v) is 7.91. The van der Waals surface area contributed by atoms with Crippen molar-refractivity contribution in [3.8, 4) is 6.07 Å². The van der Waals surface area contributed by atoms with E-state index >= 15 is 0 Å². The maximum atomic E-state index is 13.0. The molecule has 0 atom stereocenters. The van der Waals surface area contributed by atoms with Gasteiger partial charge in [-0.25, -0.2) is 13.5 Å². The van der Waals surface area contributed by atoms with E-state index in [1.165, 1.54) is 10.2 Å². The van der Waals surface area contributed by atoms with Crippen LogP contribution in [0.4, 0.5) is 14.6 Å². The number of hydrogen-bond donors (Lipinski definition) is 1. The van der Waals surface area contributed by atoms with Gasteiger partial charge in [-0.15, -0.1) is 0 Å². The summed E-state index contributed by atoms with van der Waals surface area (Å²) >= 11 is 3.16. The number of aryl methyl sites for hydroxylation is 2. The van der Waals surface area contributed by atoms with Gasteiger partial charge in [0, 0.05) is 6.54 Å². The van der Waals surface area contributed by atoms with Crippen molar-refractivity contribution in [3.63, 3.8) is 0 Å². The first kappa shape index (κ1) is 17.4. The summed E-state index contributed by atoms with van der Waals surface area (Å²) in [5.74, 6) is 0.318. The van der Waals surface area contributed by atoms with Crippen LogP contribution in [0.1, 0.15) is 28.3 Å². The fourth-order valence-corrected chi connectivity index (χ4v) is 2.66. The molecule has 4 nitrogen and oxygen atoms in total. The molecule has 0 unspecified atom stereocenters. The smallest absolute Gasteiger partial charge is 0.148 e. The molecule has 2 rings (SSSR count). The second kappa shape index (κ2) is 7.55. The number of benzene rings is 1. The highest BCUT2D eigenvalue weighted by Gasteiger charge is 2.22. The van der Waals surface area contributed by atoms with Crippen LogP contribution in [-0.2, 0) is 6.54 Å². The topological polar surface area (TPSA) is 53.6 Å². The van der Waals surface area contributed by atoms with Gasteiger partial charge in [0.05, 0.1) is 0 Å². The second-order valence-electron chi connectivity index (χ2n) is 5.31. The van der Waals surface area contributed by atoms with Crippen molar-refractivity contribution in [2.45, 2.75) is 26.4 Å². The molecular formula is C16H17BrF2N4. The minimum absolute atomic E-state index is 0.237. The van der Waals surface area contributed by atoms with Crippen LogP contribution in [0.25, 0.3) is 0 Å². The van der Waals surface area contributed by atoms with E-state index in [1.807, 2.05) is 38.1 Å². The van der Waals surface area contributed by atoms with Gasteiger partial charge in [0.1, 0.15) is 41.4 Å². The fourth-order valence-electron chi connectivity index (χ4n) is 2.21. The first-order chi connectivity index (χ1) is 11.0. The van der Waals surface area contributed by atoms with Gasteiger partial charge in [-0.2, -0.15) is 10.4 Å². The Morgan fingerprint density at radius 1 is 1.30 bits per heavy atom. The predicted molar refractivity (Wildman–Crippen MR) is 88.9 cm³/mol. The van der Waals surface area contributed by atoms with Crippen molar-refractivity contribution in [2.24, 2.45) is 0 Å². The van der Waals surface area contributed by atoms with Crippen molar-refractivity contribution in [2.75, 3.05) is 18.7 Å². The van der Waals surface area contributed by atoms with Gasteiger partial charge in [-0.05, 0) is 46.5 Å². The lowest BCUT2D eigenvalue weighted by Crippen LogP contribution is -2.18. The number of nitrogens with zero attached hydrogens (tertiary/aromatic N) is 3. The summed E-state index contributed by atoms with van der Waals surface area (Å²) in [6.45, 7) is 2.68. The van der Waals surface area contributed by atoms with Crippen LogP contribution in [0.2, 0.25) is 0 Å². The Morgan fingerprint density at radius 2 is 2.00 bits per heavy atom. The minimum atomic E-state index is -1.05. The Morgan fingerprint density at radius 3 is 2.57 bits per heavy atom. The molecule has 122 valence electrons. The number of aromatic nitrogens is 2. The van der Waals surface area contributed by atoms with Crippen LogP contribution in [0.5, 0.6) is 0 Å². The van der Waals surface area contributed by atoms with E-state index in [0.717, 1.165) is 11.1 Å². The van der Waals surface area contributed by atoms with Gasteiger partial charge in [0.25, 0.3) is 0 Å². The summed E-state index contributed by atoms with van der Waals surface area (Å²) in [5.41, 5.74) is 3.60. The summed E-state index contributed by atoms with van der Waals surface area (Å²) in [7, 11) is 0. The average molecular weight is 383 g/mol. The maximum absolute atomic E-state index is 13.0. The van der Waals surface area contributed by atoms with Crippen LogP contribution >= 0.6 is 15.9 Å². The molecule has 23 heavy (non-hydrogen) atoms. The molecule has 0 aliphatic heterocycles. The van der Waals surface area contributed by atoms with E-state index in [-0.39, 0.29) is 10.2 Å². The number of anilines is 1. The lowest BCUT2D eigenvalue weighted by Gasteiger charge is -2.15. The molecule has 0 fully saturated rings. The van der Waals surface area contributed by atoms with Crippen molar-refractivity contribution in [3.05, 3.63) is 45.1 Å². The average Bonchev–Trinajstić information content (AvgIpc) is 2.85. The number of hydrogen-bond acceptors (Lipinski definition) is 3. The minimum Gasteiger partial charge on any atom is -0.365 e.